The molecule has 0 unspecified atom stereocenters. The summed E-state index contributed by atoms with van der Waals surface area (Å²) >= 11 is 5.66. The fourth-order valence-electron chi connectivity index (χ4n) is 1.89. The van der Waals surface area contributed by atoms with Crippen molar-refractivity contribution in [3.05, 3.63) is 71.8 Å². The lowest BCUT2D eigenvalue weighted by Crippen LogP contribution is -2.19. The number of anilines is 2. The molecule has 3 rings (SSSR count). The first-order valence-corrected chi connectivity index (χ1v) is 7.56. The normalized spacial score (nSPS) is 10.2. The summed E-state index contributed by atoms with van der Waals surface area (Å²) in [6.45, 7) is 0. The Kier molecular flexibility index (Phi) is 5.06. The summed E-state index contributed by atoms with van der Waals surface area (Å²) in [5.74, 6) is 0.0455. The lowest BCUT2D eigenvalue weighted by atomic mass is 10.3. The van der Waals surface area contributed by atoms with Crippen molar-refractivity contribution in [2.45, 2.75) is 0 Å². The van der Waals surface area contributed by atoms with Gasteiger partial charge in [-0.05, 0) is 30.3 Å². The Bertz CT molecular complexity index is 876. The van der Waals surface area contributed by atoms with Crippen molar-refractivity contribution in [2.24, 2.45) is 0 Å². The molecule has 0 spiro atoms. The van der Waals surface area contributed by atoms with Crippen molar-refractivity contribution in [3.63, 3.8) is 0 Å². The van der Waals surface area contributed by atoms with Crippen LogP contribution in [0.5, 0.6) is 11.8 Å². The summed E-state index contributed by atoms with van der Waals surface area (Å²) in [7, 11) is 0. The zero-order valence-electron chi connectivity index (χ0n) is 12.7. The molecule has 3 aromatic rings. The predicted octanol–water partition coefficient (Wildman–Crippen LogP) is 4.71. The van der Waals surface area contributed by atoms with Gasteiger partial charge in [-0.3, -0.25) is 0 Å². The van der Waals surface area contributed by atoms with Crippen LogP contribution in [0.25, 0.3) is 0 Å². The van der Waals surface area contributed by atoms with Crippen LogP contribution >= 0.6 is 11.6 Å². The lowest BCUT2D eigenvalue weighted by Gasteiger charge is -2.08. The Morgan fingerprint density at radius 1 is 1.00 bits per heavy atom. The second kappa shape index (κ2) is 7.59. The average molecular weight is 359 g/mol. The van der Waals surface area contributed by atoms with Gasteiger partial charge in [0, 0.05) is 5.69 Å². The number of halogens is 2. The molecule has 126 valence electrons. The number of para-hydroxylation sites is 1. The molecule has 1 aromatic heterocycles. The monoisotopic (exact) mass is 358 g/mol. The van der Waals surface area contributed by atoms with Gasteiger partial charge in [-0.15, -0.1) is 0 Å². The standard InChI is InChI=1S/C17H12ClFN4O2/c18-14-8-11(6-7-15(14)19)22-16(24)23-12-9-20-17(21-10-12)25-13-4-2-1-3-5-13/h1-10H,(H2,22,23,24). The minimum atomic E-state index is -0.560. The molecule has 0 fully saturated rings. The third kappa shape index (κ3) is 4.65. The van der Waals surface area contributed by atoms with E-state index in [1.807, 2.05) is 18.2 Å². The minimum absolute atomic E-state index is 0.0800. The van der Waals surface area contributed by atoms with E-state index in [0.717, 1.165) is 6.07 Å². The Morgan fingerprint density at radius 2 is 1.68 bits per heavy atom. The number of nitrogens with one attached hydrogen (secondary N) is 2. The number of rotatable bonds is 4. The summed E-state index contributed by atoms with van der Waals surface area (Å²) in [6, 6.07) is 12.6. The SMILES string of the molecule is O=C(Nc1cnc(Oc2ccccc2)nc1)Nc1ccc(F)c(Cl)c1. The van der Waals surface area contributed by atoms with Gasteiger partial charge in [-0.2, -0.15) is 0 Å². The zero-order valence-corrected chi connectivity index (χ0v) is 13.5. The molecule has 0 radical (unpaired) electrons. The second-order valence-electron chi connectivity index (χ2n) is 4.88. The maximum Gasteiger partial charge on any atom is 0.323 e. The Morgan fingerprint density at radius 3 is 2.36 bits per heavy atom. The first-order chi connectivity index (χ1) is 12.1. The number of hydrogen-bond donors (Lipinski definition) is 2. The van der Waals surface area contributed by atoms with Crippen LogP contribution in [-0.4, -0.2) is 16.0 Å². The molecule has 25 heavy (non-hydrogen) atoms. The van der Waals surface area contributed by atoms with Crippen molar-refractivity contribution in [3.8, 4) is 11.8 Å². The number of carbonyl (C=O) groups excluding carboxylic acids is 1. The van der Waals surface area contributed by atoms with Gasteiger partial charge >= 0.3 is 12.0 Å². The van der Waals surface area contributed by atoms with Crippen LogP contribution in [-0.2, 0) is 0 Å². The predicted molar refractivity (Wildman–Crippen MR) is 92.6 cm³/mol. The molecular formula is C17H12ClFN4O2. The van der Waals surface area contributed by atoms with E-state index in [2.05, 4.69) is 20.6 Å². The highest BCUT2D eigenvalue weighted by atomic mass is 35.5. The number of benzene rings is 2. The lowest BCUT2D eigenvalue weighted by molar-refractivity contribution is 0.262. The van der Waals surface area contributed by atoms with Crippen molar-refractivity contribution < 1.29 is 13.9 Å². The van der Waals surface area contributed by atoms with Gasteiger partial charge in [0.15, 0.2) is 0 Å². The topological polar surface area (TPSA) is 76.1 Å². The van der Waals surface area contributed by atoms with Crippen LogP contribution in [0.4, 0.5) is 20.6 Å². The number of aromatic nitrogens is 2. The van der Waals surface area contributed by atoms with E-state index in [4.69, 9.17) is 16.3 Å². The average Bonchev–Trinajstić information content (AvgIpc) is 2.61. The third-order valence-electron chi connectivity index (χ3n) is 3.02. The van der Waals surface area contributed by atoms with E-state index < -0.39 is 11.8 Å². The van der Waals surface area contributed by atoms with Crippen molar-refractivity contribution >= 4 is 29.0 Å². The van der Waals surface area contributed by atoms with E-state index in [-0.39, 0.29) is 11.0 Å². The van der Waals surface area contributed by atoms with Gasteiger partial charge in [0.25, 0.3) is 0 Å². The molecule has 6 nitrogen and oxygen atoms in total. The molecule has 2 N–H and O–H groups in total. The summed E-state index contributed by atoms with van der Waals surface area (Å²) in [4.78, 5) is 19.9. The smallest absolute Gasteiger partial charge is 0.323 e. The fourth-order valence-corrected chi connectivity index (χ4v) is 2.08. The Balaban J connectivity index is 1.59. The van der Waals surface area contributed by atoms with E-state index in [9.17, 15) is 9.18 Å². The first-order valence-electron chi connectivity index (χ1n) is 7.18. The molecule has 0 atom stereocenters. The maximum absolute atomic E-state index is 13.1. The third-order valence-corrected chi connectivity index (χ3v) is 3.31. The minimum Gasteiger partial charge on any atom is -0.424 e. The summed E-state index contributed by atoms with van der Waals surface area (Å²) in [5.41, 5.74) is 0.722. The zero-order chi connectivity index (χ0) is 17.6. The summed E-state index contributed by atoms with van der Waals surface area (Å²) < 4.78 is 18.5. The molecule has 0 saturated heterocycles. The molecule has 2 aromatic carbocycles. The molecule has 0 saturated carbocycles. The fraction of sp³-hybridized carbons (Fsp3) is 0. The second-order valence-corrected chi connectivity index (χ2v) is 5.28. The van der Waals surface area contributed by atoms with Crippen LogP contribution in [0, 0.1) is 5.82 Å². The number of amides is 2. The molecule has 2 amide bonds. The maximum atomic E-state index is 13.1. The van der Waals surface area contributed by atoms with E-state index in [1.165, 1.54) is 24.5 Å². The number of carbonyl (C=O) groups is 1. The van der Waals surface area contributed by atoms with Crippen LogP contribution in [0.3, 0.4) is 0 Å². The van der Waals surface area contributed by atoms with Gasteiger partial charge in [0.1, 0.15) is 11.6 Å². The van der Waals surface area contributed by atoms with E-state index >= 15 is 0 Å². The number of urea groups is 1. The van der Waals surface area contributed by atoms with Gasteiger partial charge in [-0.25, -0.2) is 19.2 Å². The van der Waals surface area contributed by atoms with Crippen LogP contribution in [0.2, 0.25) is 5.02 Å². The molecule has 8 heteroatoms. The van der Waals surface area contributed by atoms with Gasteiger partial charge < -0.3 is 15.4 Å². The number of nitrogens with zero attached hydrogens (tertiary/aromatic N) is 2. The van der Waals surface area contributed by atoms with Gasteiger partial charge in [0.05, 0.1) is 23.1 Å². The largest absolute Gasteiger partial charge is 0.424 e. The van der Waals surface area contributed by atoms with Gasteiger partial charge in [0.2, 0.25) is 0 Å². The number of ether oxygens (including phenoxy) is 1. The molecule has 0 bridgehead atoms. The summed E-state index contributed by atoms with van der Waals surface area (Å²) in [6.07, 6.45) is 2.81. The van der Waals surface area contributed by atoms with Crippen LogP contribution in [0.1, 0.15) is 0 Å². The van der Waals surface area contributed by atoms with Gasteiger partial charge in [-0.1, -0.05) is 29.8 Å². The molecule has 0 aliphatic rings. The van der Waals surface area contributed by atoms with Crippen LogP contribution in [0.15, 0.2) is 60.9 Å². The van der Waals surface area contributed by atoms with Crippen molar-refractivity contribution in [1.82, 2.24) is 9.97 Å². The number of hydrogen-bond acceptors (Lipinski definition) is 4. The Labute approximate surface area is 147 Å². The molecule has 0 aliphatic carbocycles. The Hall–Kier alpha value is -3.19. The summed E-state index contributed by atoms with van der Waals surface area (Å²) in [5, 5.41) is 4.99. The quantitative estimate of drug-likeness (QED) is 0.708. The van der Waals surface area contributed by atoms with Crippen LogP contribution < -0.4 is 15.4 Å². The van der Waals surface area contributed by atoms with E-state index in [1.54, 1.807) is 12.1 Å². The first kappa shape index (κ1) is 16.7. The highest BCUT2D eigenvalue weighted by molar-refractivity contribution is 6.31. The molecule has 0 aliphatic heterocycles. The van der Waals surface area contributed by atoms with Crippen molar-refractivity contribution in [1.29, 1.82) is 0 Å². The van der Waals surface area contributed by atoms with E-state index in [0.29, 0.717) is 17.1 Å². The highest BCUT2D eigenvalue weighted by Gasteiger charge is 2.07. The molecular weight excluding hydrogens is 347 g/mol. The van der Waals surface area contributed by atoms with Crippen molar-refractivity contribution in [2.75, 3.05) is 10.6 Å². The molecule has 1 heterocycles. The highest BCUT2D eigenvalue weighted by Crippen LogP contribution is 2.20.